The largest absolute Gasteiger partial charge is 0.744 e. The average molecular weight is 827 g/mol. The molecule has 6 rings (SSSR count). The zero-order valence-corrected chi connectivity index (χ0v) is 36.6. The van der Waals surface area contributed by atoms with Crippen molar-refractivity contribution in [1.29, 1.82) is 0 Å². The summed E-state index contributed by atoms with van der Waals surface area (Å²) in [5.74, 6) is 0.814. The Kier molecular flexibility index (Phi) is 15.1. The number of anilines is 3. The van der Waals surface area contributed by atoms with Crippen molar-refractivity contribution in [3.63, 3.8) is 0 Å². The van der Waals surface area contributed by atoms with E-state index >= 15 is 0 Å². The van der Waals surface area contributed by atoms with Crippen LogP contribution in [0.2, 0.25) is 0 Å². The molecule has 0 aliphatic heterocycles. The van der Waals surface area contributed by atoms with Gasteiger partial charge in [0.2, 0.25) is 0 Å². The van der Waals surface area contributed by atoms with Gasteiger partial charge in [0.25, 0.3) is 10.1 Å². The minimum absolute atomic E-state index is 0. The number of benzene rings is 5. The zero-order valence-electron chi connectivity index (χ0n) is 33.0. The van der Waals surface area contributed by atoms with Crippen molar-refractivity contribution in [2.75, 3.05) is 29.9 Å². The van der Waals surface area contributed by atoms with Crippen LogP contribution in [0.15, 0.2) is 161 Å². The molecule has 10 nitrogen and oxygen atoms in total. The maximum Gasteiger partial charge on any atom is 0.294 e. The van der Waals surface area contributed by atoms with Gasteiger partial charge in [-0.15, -0.1) is 0 Å². The van der Waals surface area contributed by atoms with E-state index in [-0.39, 0.29) is 39.3 Å². The topological polar surface area (TPSA) is 139 Å². The average Bonchev–Trinajstić information content (AvgIpc) is 3.21. The number of hydrogen-bond donors (Lipinski definition) is 2. The fourth-order valence-electron chi connectivity index (χ4n) is 6.68. The van der Waals surface area contributed by atoms with Crippen molar-refractivity contribution in [2.24, 2.45) is 0 Å². The third-order valence-corrected chi connectivity index (χ3v) is 11.2. The zero-order chi connectivity index (χ0) is 40.6. The second-order valence-corrected chi connectivity index (χ2v) is 16.2. The van der Waals surface area contributed by atoms with Crippen LogP contribution >= 0.6 is 0 Å². The monoisotopic (exact) mass is 826 g/mol. The van der Waals surface area contributed by atoms with E-state index in [1.54, 1.807) is 12.1 Å². The molecule has 1 aliphatic carbocycles. The van der Waals surface area contributed by atoms with Gasteiger partial charge >= 0.3 is 0 Å². The molecule has 0 atom stereocenters. The van der Waals surface area contributed by atoms with Gasteiger partial charge in [-0.25, -0.2) is 13.0 Å². The van der Waals surface area contributed by atoms with E-state index in [2.05, 4.69) is 63.4 Å². The maximum absolute atomic E-state index is 11.8. The Morgan fingerprint density at radius 1 is 0.724 bits per heavy atom. The van der Waals surface area contributed by atoms with Crippen LogP contribution in [0, 0.1) is 0 Å². The van der Waals surface area contributed by atoms with Crippen LogP contribution in [0.25, 0.3) is 5.57 Å². The summed E-state index contributed by atoms with van der Waals surface area (Å²) in [6.07, 6.45) is 8.27. The van der Waals surface area contributed by atoms with Gasteiger partial charge < -0.3 is 19.5 Å². The smallest absolute Gasteiger partial charge is 0.294 e. The molecule has 13 heteroatoms. The molecule has 0 fully saturated rings. The van der Waals surface area contributed by atoms with E-state index in [1.807, 2.05) is 81.4 Å². The minimum atomic E-state index is -4.56. The maximum atomic E-state index is 11.8. The molecule has 5 aromatic carbocycles. The van der Waals surface area contributed by atoms with E-state index < -0.39 is 20.2 Å². The molecule has 0 amide bonds. The molecule has 5 aromatic rings. The number of nitrogens with one attached hydrogen (secondary N) is 1. The Balaban J connectivity index is 0.00000641. The Labute approximate surface area is 363 Å². The summed E-state index contributed by atoms with van der Waals surface area (Å²) in [6, 6.07) is 36.8. The molecule has 0 bridgehead atoms. The number of allylic oxidation sites excluding steroid dienone is 5. The Bertz CT molecular complexity index is 2550. The number of ether oxygens (including phenoxy) is 1. The van der Waals surface area contributed by atoms with Gasteiger partial charge in [0.1, 0.15) is 22.4 Å². The van der Waals surface area contributed by atoms with Crippen molar-refractivity contribution >= 4 is 78.1 Å². The standard InChI is InChI=1S/C45H45N3O7S2.Na/c1-4-47(31-33-9-7-11-43(29-33)56(49,50)51)40-23-15-36(16-24-40)45(35-13-19-38(20-14-35)46-39-21-27-42(28-22-39)55-6-3)37-17-25-41(26-18-37)48(5-2)32-34-10-8-12-44(30-34)57(52,53)54;/h7-30H,4-6,31-32H2,1-3H3,(H2,49,50,51,52,53,54);. The Hall–Kier alpha value is -4.79. The fourth-order valence-corrected chi connectivity index (χ4v) is 7.77. The quantitative estimate of drug-likeness (QED) is 0.0607. The summed E-state index contributed by atoms with van der Waals surface area (Å²) < 4.78 is 75.8. The molecule has 0 heterocycles. The van der Waals surface area contributed by atoms with Crippen molar-refractivity contribution in [3.8, 4) is 5.75 Å². The van der Waals surface area contributed by atoms with Crippen LogP contribution in [0.5, 0.6) is 5.75 Å². The van der Waals surface area contributed by atoms with Crippen LogP contribution in [-0.4, -0.2) is 85.5 Å². The van der Waals surface area contributed by atoms with Crippen LogP contribution in [0.1, 0.15) is 43.0 Å². The summed E-state index contributed by atoms with van der Waals surface area (Å²) in [6.45, 7) is 8.81. The first-order valence-corrected chi connectivity index (χ1v) is 21.5. The van der Waals surface area contributed by atoms with Gasteiger partial charge in [0, 0.05) is 77.4 Å². The third-order valence-electron chi connectivity index (χ3n) is 9.56. The van der Waals surface area contributed by atoms with Crippen LogP contribution in [-0.2, 0) is 33.3 Å². The van der Waals surface area contributed by atoms with Crippen LogP contribution < -0.4 is 15.0 Å². The molecular weight excluding hydrogens is 782 g/mol. The van der Waals surface area contributed by atoms with Crippen molar-refractivity contribution in [3.05, 3.63) is 173 Å². The molecular formula is C45H45N3NaO7S2. The summed E-state index contributed by atoms with van der Waals surface area (Å²) in [5, 5.41) is 3.46. The fraction of sp³-hybridized carbons (Fsp3) is 0.178. The van der Waals surface area contributed by atoms with Gasteiger partial charge in [0.15, 0.2) is 12.3 Å². The van der Waals surface area contributed by atoms with Gasteiger partial charge in [-0.1, -0.05) is 48.5 Å². The first-order chi connectivity index (χ1) is 27.3. The van der Waals surface area contributed by atoms with E-state index in [0.717, 1.165) is 61.9 Å². The molecule has 1 radical (unpaired) electrons. The summed E-state index contributed by atoms with van der Waals surface area (Å²) >= 11 is 0. The molecule has 0 unspecified atom stereocenters. The first kappa shape index (κ1) is 44.3. The van der Waals surface area contributed by atoms with Crippen LogP contribution in [0.3, 0.4) is 0 Å². The van der Waals surface area contributed by atoms with Crippen molar-refractivity contribution in [2.45, 2.75) is 43.7 Å². The van der Waals surface area contributed by atoms with Crippen molar-refractivity contribution < 1.29 is 35.3 Å². The Morgan fingerprint density at radius 2 is 1.28 bits per heavy atom. The van der Waals surface area contributed by atoms with Crippen LogP contribution in [0.4, 0.5) is 17.1 Å². The van der Waals surface area contributed by atoms with Crippen molar-refractivity contribution in [1.82, 2.24) is 0 Å². The molecule has 58 heavy (non-hydrogen) atoms. The van der Waals surface area contributed by atoms with E-state index in [1.165, 1.54) is 24.3 Å². The van der Waals surface area contributed by atoms with E-state index in [0.29, 0.717) is 32.8 Å². The SMILES string of the molecule is CCOc1ccc(Nc2ccc(C(=C3C=CC(=[N+](CC)Cc4cccc(S(=O)(=O)O)c4)C=C3)c3ccc(N(CC)Cc4cccc(S(=O)(=O)[O-])c4)cc3)cc2)cc1.[Na]. The second kappa shape index (κ2) is 19.8. The van der Waals surface area contributed by atoms with Gasteiger partial charge in [-0.2, -0.15) is 8.42 Å². The summed E-state index contributed by atoms with van der Waals surface area (Å²) in [5.41, 5.74) is 9.24. The first-order valence-electron chi connectivity index (χ1n) is 18.6. The van der Waals surface area contributed by atoms with Gasteiger partial charge in [-0.3, -0.25) is 4.55 Å². The predicted molar refractivity (Wildman–Crippen MR) is 231 cm³/mol. The Morgan fingerprint density at radius 3 is 1.83 bits per heavy atom. The van der Waals surface area contributed by atoms with Gasteiger partial charge in [-0.05, 0) is 134 Å². The molecule has 0 aromatic heterocycles. The minimum Gasteiger partial charge on any atom is -0.744 e. The molecule has 1 aliphatic rings. The van der Waals surface area contributed by atoms with E-state index in [4.69, 9.17) is 4.74 Å². The summed E-state index contributed by atoms with van der Waals surface area (Å²) in [7, 11) is -8.88. The number of hydrogen-bond acceptors (Lipinski definition) is 8. The molecule has 295 valence electrons. The second-order valence-electron chi connectivity index (χ2n) is 13.4. The predicted octanol–water partition coefficient (Wildman–Crippen LogP) is 8.23. The molecule has 0 saturated carbocycles. The molecule has 0 saturated heterocycles. The molecule has 0 spiro atoms. The number of nitrogens with zero attached hydrogens (tertiary/aromatic N) is 2. The normalized spacial score (nSPS) is 12.5. The number of rotatable bonds is 15. The summed E-state index contributed by atoms with van der Waals surface area (Å²) in [4.78, 5) is 1.73. The molecule has 2 N–H and O–H groups in total. The van der Waals surface area contributed by atoms with Gasteiger partial charge in [0.05, 0.1) is 16.4 Å². The third kappa shape index (κ3) is 11.4. The van der Waals surface area contributed by atoms with E-state index in [9.17, 15) is 25.9 Å².